The Morgan fingerprint density at radius 2 is 1.18 bits per heavy atom. The minimum Gasteiger partial charge on any atom is -0.353 e. The summed E-state index contributed by atoms with van der Waals surface area (Å²) >= 11 is 0. The van der Waals surface area contributed by atoms with Crippen LogP contribution in [0.3, 0.4) is 0 Å². The lowest BCUT2D eigenvalue weighted by Gasteiger charge is -2.40. The van der Waals surface area contributed by atoms with Crippen LogP contribution in [0.15, 0.2) is 23.3 Å². The third-order valence-electron chi connectivity index (χ3n) is 7.21. The van der Waals surface area contributed by atoms with Gasteiger partial charge < -0.3 is 28.5 Å². The summed E-state index contributed by atoms with van der Waals surface area (Å²) in [5.41, 5.74) is 1.31. The van der Waals surface area contributed by atoms with Crippen molar-refractivity contribution in [1.82, 2.24) is 0 Å². The van der Waals surface area contributed by atoms with E-state index in [0.29, 0.717) is 13.2 Å². The van der Waals surface area contributed by atoms with Crippen LogP contribution >= 0.6 is 0 Å². The number of rotatable bonds is 13. The SMILES string of the molecule is CCOC(C)O[C@@H]1/C(=C\CC/C=C2/CCC[C@@](C)(C=O)[C@H]2OC(C)OCC)CCC[C@]1(C)C=O. The highest BCUT2D eigenvalue weighted by atomic mass is 16.7. The molecule has 0 saturated heterocycles. The fraction of sp³-hybridized carbons (Fsp3) is 0.786. The van der Waals surface area contributed by atoms with E-state index in [4.69, 9.17) is 18.9 Å². The summed E-state index contributed by atoms with van der Waals surface area (Å²) in [6.07, 6.45) is 12.5. The molecule has 6 nitrogen and oxygen atoms in total. The zero-order valence-corrected chi connectivity index (χ0v) is 22.1. The van der Waals surface area contributed by atoms with Crippen molar-refractivity contribution < 1.29 is 28.5 Å². The van der Waals surface area contributed by atoms with Gasteiger partial charge in [0.15, 0.2) is 12.6 Å². The van der Waals surface area contributed by atoms with Crippen molar-refractivity contribution in [3.8, 4) is 0 Å². The molecular weight excluding hydrogens is 432 g/mol. The smallest absolute Gasteiger partial charge is 0.155 e. The highest BCUT2D eigenvalue weighted by Gasteiger charge is 2.42. The predicted octanol–water partition coefficient (Wildman–Crippen LogP) is 5.93. The molecule has 6 heteroatoms. The van der Waals surface area contributed by atoms with Crippen LogP contribution < -0.4 is 0 Å². The minimum absolute atomic E-state index is 0.260. The lowest BCUT2D eigenvalue weighted by Crippen LogP contribution is -2.43. The number of allylic oxidation sites excluding steroid dienone is 2. The molecule has 2 aliphatic rings. The number of hydrogen-bond acceptors (Lipinski definition) is 6. The summed E-state index contributed by atoms with van der Waals surface area (Å²) < 4.78 is 23.6. The van der Waals surface area contributed by atoms with Crippen LogP contribution in [0.1, 0.15) is 92.9 Å². The van der Waals surface area contributed by atoms with Gasteiger partial charge >= 0.3 is 0 Å². The van der Waals surface area contributed by atoms with Crippen LogP contribution in [-0.2, 0) is 28.5 Å². The molecule has 0 heterocycles. The van der Waals surface area contributed by atoms with Crippen molar-refractivity contribution in [2.45, 2.75) is 118 Å². The molecule has 0 radical (unpaired) electrons. The average molecular weight is 479 g/mol. The van der Waals surface area contributed by atoms with E-state index in [1.807, 2.05) is 41.5 Å². The molecule has 0 aromatic heterocycles. The number of carbonyl (C=O) groups is 2. The Labute approximate surface area is 206 Å². The van der Waals surface area contributed by atoms with Crippen molar-refractivity contribution >= 4 is 12.6 Å². The van der Waals surface area contributed by atoms with Gasteiger partial charge in [0.1, 0.15) is 12.6 Å². The van der Waals surface area contributed by atoms with Gasteiger partial charge in [0.05, 0.1) is 23.0 Å². The highest BCUT2D eigenvalue weighted by molar-refractivity contribution is 5.62. The summed E-state index contributed by atoms with van der Waals surface area (Å²) in [4.78, 5) is 23.9. The first-order valence-electron chi connectivity index (χ1n) is 13.1. The number of aldehydes is 2. The van der Waals surface area contributed by atoms with Crippen LogP contribution in [0.5, 0.6) is 0 Å². The quantitative estimate of drug-likeness (QED) is 0.141. The molecule has 0 N–H and O–H groups in total. The van der Waals surface area contributed by atoms with Gasteiger partial charge in [0.2, 0.25) is 0 Å². The molecule has 0 aromatic rings. The maximum Gasteiger partial charge on any atom is 0.155 e. The van der Waals surface area contributed by atoms with Crippen molar-refractivity contribution in [1.29, 1.82) is 0 Å². The van der Waals surface area contributed by atoms with E-state index in [0.717, 1.165) is 63.9 Å². The summed E-state index contributed by atoms with van der Waals surface area (Å²) in [7, 11) is 0. The zero-order valence-electron chi connectivity index (χ0n) is 22.1. The summed E-state index contributed by atoms with van der Waals surface area (Å²) in [5, 5.41) is 0. The van der Waals surface area contributed by atoms with Crippen molar-refractivity contribution in [2.75, 3.05) is 13.2 Å². The second kappa shape index (κ2) is 13.7. The van der Waals surface area contributed by atoms with Gasteiger partial charge in [-0.1, -0.05) is 26.0 Å². The van der Waals surface area contributed by atoms with E-state index in [2.05, 4.69) is 12.2 Å². The Bertz CT molecular complexity index is 656. The van der Waals surface area contributed by atoms with E-state index in [-0.39, 0.29) is 24.8 Å². The van der Waals surface area contributed by atoms with Gasteiger partial charge in [-0.2, -0.15) is 0 Å². The van der Waals surface area contributed by atoms with Crippen LogP contribution in [0.25, 0.3) is 0 Å². The lowest BCUT2D eigenvalue weighted by atomic mass is 9.71. The maximum absolute atomic E-state index is 12.0. The van der Waals surface area contributed by atoms with Crippen LogP contribution in [-0.4, -0.2) is 50.6 Å². The third-order valence-corrected chi connectivity index (χ3v) is 7.21. The average Bonchev–Trinajstić information content (AvgIpc) is 2.81. The van der Waals surface area contributed by atoms with Crippen LogP contribution in [0, 0.1) is 10.8 Å². The molecule has 0 amide bonds. The molecule has 0 bridgehead atoms. The maximum atomic E-state index is 12.0. The molecule has 2 rings (SSSR count). The van der Waals surface area contributed by atoms with Gasteiger partial charge in [-0.05, 0) is 90.2 Å². The number of ether oxygens (including phenoxy) is 4. The van der Waals surface area contributed by atoms with Gasteiger partial charge in [0, 0.05) is 13.2 Å². The topological polar surface area (TPSA) is 71.1 Å². The number of hydrogen-bond donors (Lipinski definition) is 0. The van der Waals surface area contributed by atoms with Crippen molar-refractivity contribution in [2.24, 2.45) is 10.8 Å². The first kappa shape index (κ1) is 28.9. The zero-order chi connectivity index (χ0) is 25.2. The molecule has 2 unspecified atom stereocenters. The van der Waals surface area contributed by atoms with E-state index >= 15 is 0 Å². The number of carbonyl (C=O) groups excluding carboxylic acids is 2. The van der Waals surface area contributed by atoms with E-state index in [1.165, 1.54) is 11.1 Å². The summed E-state index contributed by atoms with van der Waals surface area (Å²) in [5.74, 6) is 0. The standard InChI is InChI=1S/C28H46O6/c1-7-31-21(3)33-25-23(15-11-17-27(25,5)19-29)13-9-10-14-24-16-12-18-28(6,20-30)26(24)34-22(4)32-8-2/h13-14,19-22,25-26H,7-12,15-18H2,1-6H3/b23-13-,24-14-/t21?,22?,25-,26+,27-,28+. The van der Waals surface area contributed by atoms with Crippen molar-refractivity contribution in [3.63, 3.8) is 0 Å². The largest absolute Gasteiger partial charge is 0.353 e. The molecule has 2 saturated carbocycles. The Kier molecular flexibility index (Phi) is 11.6. The summed E-state index contributed by atoms with van der Waals surface area (Å²) in [6, 6.07) is 0. The van der Waals surface area contributed by atoms with Crippen LogP contribution in [0.2, 0.25) is 0 Å². The highest BCUT2D eigenvalue weighted by Crippen LogP contribution is 2.42. The second-order valence-electron chi connectivity index (χ2n) is 10.2. The van der Waals surface area contributed by atoms with Crippen LogP contribution in [0.4, 0.5) is 0 Å². The molecule has 0 spiro atoms. The van der Waals surface area contributed by atoms with Gasteiger partial charge in [0.25, 0.3) is 0 Å². The monoisotopic (exact) mass is 478 g/mol. The third kappa shape index (κ3) is 7.58. The van der Waals surface area contributed by atoms with Crippen molar-refractivity contribution in [3.05, 3.63) is 23.3 Å². The molecule has 0 aromatic carbocycles. The fourth-order valence-corrected chi connectivity index (χ4v) is 5.33. The Morgan fingerprint density at radius 3 is 1.50 bits per heavy atom. The van der Waals surface area contributed by atoms with Gasteiger partial charge in [-0.25, -0.2) is 0 Å². The number of unbranched alkanes of at least 4 members (excludes halogenated alkanes) is 1. The van der Waals surface area contributed by atoms with E-state index in [9.17, 15) is 9.59 Å². The molecule has 6 atom stereocenters. The van der Waals surface area contributed by atoms with Gasteiger partial charge in [-0.15, -0.1) is 0 Å². The Morgan fingerprint density at radius 1 is 0.794 bits per heavy atom. The molecular formula is C28H46O6. The molecule has 2 aliphatic carbocycles. The second-order valence-corrected chi connectivity index (χ2v) is 10.2. The Balaban J connectivity index is 2.14. The Hall–Kier alpha value is -1.34. The first-order chi connectivity index (χ1) is 16.2. The molecule has 2 fully saturated rings. The van der Waals surface area contributed by atoms with E-state index in [1.54, 1.807) is 0 Å². The lowest BCUT2D eigenvalue weighted by molar-refractivity contribution is -0.179. The summed E-state index contributed by atoms with van der Waals surface area (Å²) in [6.45, 7) is 12.8. The normalized spacial score (nSPS) is 34.2. The molecule has 194 valence electrons. The van der Waals surface area contributed by atoms with E-state index < -0.39 is 10.8 Å². The minimum atomic E-state index is -0.530. The molecule has 0 aliphatic heterocycles. The van der Waals surface area contributed by atoms with Gasteiger partial charge in [-0.3, -0.25) is 0 Å². The molecule has 34 heavy (non-hydrogen) atoms. The fourth-order valence-electron chi connectivity index (χ4n) is 5.33. The predicted molar refractivity (Wildman–Crippen MR) is 133 cm³/mol. The first-order valence-corrected chi connectivity index (χ1v) is 13.1.